The molecule has 2 heterocycles. The van der Waals surface area contributed by atoms with Crippen LogP contribution < -0.4 is 0 Å². The molecule has 6 heteroatoms. The first kappa shape index (κ1) is 23.2. The molecule has 3 rings (SSSR count). The van der Waals surface area contributed by atoms with E-state index in [0.29, 0.717) is 25.5 Å². The molecule has 1 aromatic carbocycles. The minimum atomic E-state index is -1.89. The van der Waals surface area contributed by atoms with Gasteiger partial charge in [0.25, 0.3) is 0 Å². The van der Waals surface area contributed by atoms with Gasteiger partial charge in [-0.05, 0) is 49.7 Å². The lowest BCUT2D eigenvalue weighted by atomic mass is 10.0. The number of pyridine rings is 1. The number of rotatable bonds is 7. The molecular weight excluding hydrogens is 404 g/mol. The van der Waals surface area contributed by atoms with E-state index in [1.54, 1.807) is 6.20 Å². The molecule has 3 aromatic rings. The molecule has 0 spiro atoms. The summed E-state index contributed by atoms with van der Waals surface area (Å²) in [6, 6.07) is 12.1. The Morgan fingerprint density at radius 3 is 2.42 bits per heavy atom. The largest absolute Gasteiger partial charge is 0.461 e. The molecule has 5 nitrogen and oxygen atoms in total. The van der Waals surface area contributed by atoms with Crippen LogP contribution in [0.3, 0.4) is 0 Å². The summed E-state index contributed by atoms with van der Waals surface area (Å²) in [5.41, 5.74) is 5.21. The lowest BCUT2D eigenvalue weighted by molar-refractivity contribution is 0.0514. The second kappa shape index (κ2) is 8.97. The van der Waals surface area contributed by atoms with E-state index in [1.807, 2.05) is 35.8 Å². The van der Waals surface area contributed by atoms with Gasteiger partial charge in [-0.1, -0.05) is 50.6 Å². The zero-order chi connectivity index (χ0) is 22.8. The molecule has 0 atom stereocenters. The number of hydrogen-bond donors (Lipinski definition) is 0. The third-order valence-electron chi connectivity index (χ3n) is 6.21. The Bertz CT molecular complexity index is 1060. The highest BCUT2D eigenvalue weighted by Crippen LogP contribution is 2.37. The number of aromatic nitrogens is 2. The minimum Gasteiger partial charge on any atom is -0.461 e. The average Bonchev–Trinajstić information content (AvgIpc) is 3.02. The van der Waals surface area contributed by atoms with Gasteiger partial charge < -0.3 is 13.7 Å². The Hall–Kier alpha value is -2.44. The second-order valence-corrected chi connectivity index (χ2v) is 14.3. The normalized spacial score (nSPS) is 12.4. The molecule has 0 saturated heterocycles. The SMILES string of the molecule is CCOC(=O)c1c(-c2ccc(C)cc2)c2ncccc2n1CCO[Si](C)(C)C(C)(C)C. The van der Waals surface area contributed by atoms with Crippen molar-refractivity contribution in [3.63, 3.8) is 0 Å². The van der Waals surface area contributed by atoms with Crippen molar-refractivity contribution < 1.29 is 14.0 Å². The van der Waals surface area contributed by atoms with Crippen LogP contribution in [0.25, 0.3) is 22.2 Å². The number of esters is 1. The van der Waals surface area contributed by atoms with Crippen LogP contribution in [0, 0.1) is 6.92 Å². The summed E-state index contributed by atoms with van der Waals surface area (Å²) in [5.74, 6) is -0.330. The number of benzene rings is 1. The molecule has 2 aromatic heterocycles. The van der Waals surface area contributed by atoms with Crippen LogP contribution in [0.1, 0.15) is 43.7 Å². The van der Waals surface area contributed by atoms with Crippen LogP contribution >= 0.6 is 0 Å². The Kier molecular flexibility index (Phi) is 6.72. The van der Waals surface area contributed by atoms with E-state index in [0.717, 1.165) is 22.2 Å². The predicted molar refractivity (Wildman–Crippen MR) is 129 cm³/mol. The maximum absolute atomic E-state index is 13.1. The maximum Gasteiger partial charge on any atom is 0.355 e. The zero-order valence-electron chi connectivity index (χ0n) is 19.8. The quantitative estimate of drug-likeness (QED) is 0.325. The second-order valence-electron chi connectivity index (χ2n) is 9.44. The van der Waals surface area contributed by atoms with Gasteiger partial charge in [-0.15, -0.1) is 0 Å². The molecule has 0 radical (unpaired) electrons. The minimum absolute atomic E-state index is 0.129. The molecule has 0 amide bonds. The van der Waals surface area contributed by atoms with E-state index in [1.165, 1.54) is 5.56 Å². The fraction of sp³-hybridized carbons (Fsp3) is 0.440. The summed E-state index contributed by atoms with van der Waals surface area (Å²) >= 11 is 0. The molecule has 0 aliphatic rings. The van der Waals surface area contributed by atoms with Crippen molar-refractivity contribution in [2.75, 3.05) is 13.2 Å². The van der Waals surface area contributed by atoms with Gasteiger partial charge in [-0.3, -0.25) is 4.98 Å². The highest BCUT2D eigenvalue weighted by molar-refractivity contribution is 6.74. The molecule has 0 fully saturated rings. The molecule has 0 aliphatic heterocycles. The molecular formula is C25H34N2O3Si. The Morgan fingerprint density at radius 1 is 1.13 bits per heavy atom. The third kappa shape index (κ3) is 4.75. The first-order valence-electron chi connectivity index (χ1n) is 10.9. The number of hydrogen-bond acceptors (Lipinski definition) is 4. The van der Waals surface area contributed by atoms with E-state index in [4.69, 9.17) is 9.16 Å². The zero-order valence-corrected chi connectivity index (χ0v) is 20.8. The van der Waals surface area contributed by atoms with Gasteiger partial charge in [-0.25, -0.2) is 4.79 Å². The molecule has 0 aliphatic carbocycles. The number of carbonyl (C=O) groups excluding carboxylic acids is 1. The lowest BCUT2D eigenvalue weighted by Crippen LogP contribution is -2.41. The average molecular weight is 439 g/mol. The fourth-order valence-electron chi connectivity index (χ4n) is 3.42. The summed E-state index contributed by atoms with van der Waals surface area (Å²) in [6.07, 6.45) is 1.77. The summed E-state index contributed by atoms with van der Waals surface area (Å²) in [7, 11) is -1.89. The first-order chi connectivity index (χ1) is 14.6. The standard InChI is InChI=1S/C25H34N2O3Si/c1-8-29-24(28)23-21(19-13-11-18(2)12-14-19)22-20(10-9-15-26-22)27(23)16-17-30-31(6,7)25(3,4)5/h9-15H,8,16-17H2,1-7H3. The number of ether oxygens (including phenoxy) is 1. The number of nitrogens with zero attached hydrogens (tertiary/aromatic N) is 2. The van der Waals surface area contributed by atoms with Crippen LogP contribution in [-0.4, -0.2) is 37.1 Å². The molecule has 166 valence electrons. The van der Waals surface area contributed by atoms with E-state index in [-0.39, 0.29) is 11.0 Å². The highest BCUT2D eigenvalue weighted by atomic mass is 28.4. The van der Waals surface area contributed by atoms with Crippen molar-refractivity contribution in [2.24, 2.45) is 0 Å². The van der Waals surface area contributed by atoms with Crippen molar-refractivity contribution in [2.45, 2.75) is 59.3 Å². The fourth-order valence-corrected chi connectivity index (χ4v) is 4.46. The van der Waals surface area contributed by atoms with Gasteiger partial charge in [0, 0.05) is 18.3 Å². The molecule has 31 heavy (non-hydrogen) atoms. The Morgan fingerprint density at radius 2 is 1.81 bits per heavy atom. The van der Waals surface area contributed by atoms with E-state index in [9.17, 15) is 4.79 Å². The van der Waals surface area contributed by atoms with E-state index < -0.39 is 8.32 Å². The van der Waals surface area contributed by atoms with Crippen LogP contribution in [0.2, 0.25) is 18.1 Å². The first-order valence-corrected chi connectivity index (χ1v) is 13.8. The number of fused-ring (bicyclic) bond motifs is 1. The van der Waals surface area contributed by atoms with Crippen molar-refractivity contribution in [1.82, 2.24) is 9.55 Å². The van der Waals surface area contributed by atoms with Gasteiger partial charge in [-0.2, -0.15) is 0 Å². The monoisotopic (exact) mass is 438 g/mol. The van der Waals surface area contributed by atoms with Crippen LogP contribution in [0.4, 0.5) is 0 Å². The highest BCUT2D eigenvalue weighted by Gasteiger charge is 2.37. The van der Waals surface area contributed by atoms with E-state index in [2.05, 4.69) is 57.9 Å². The van der Waals surface area contributed by atoms with Gasteiger partial charge in [0.2, 0.25) is 0 Å². The van der Waals surface area contributed by atoms with Crippen molar-refractivity contribution in [3.8, 4) is 11.1 Å². The maximum atomic E-state index is 13.1. The van der Waals surface area contributed by atoms with Gasteiger partial charge in [0.15, 0.2) is 8.32 Å². The van der Waals surface area contributed by atoms with Crippen molar-refractivity contribution in [1.29, 1.82) is 0 Å². The summed E-state index contributed by atoms with van der Waals surface area (Å²) in [6.45, 7) is 16.5. The Labute approximate surface area is 186 Å². The molecule has 0 saturated carbocycles. The topological polar surface area (TPSA) is 53.3 Å². The van der Waals surface area contributed by atoms with Gasteiger partial charge in [0.05, 0.1) is 24.2 Å². The summed E-state index contributed by atoms with van der Waals surface area (Å²) < 4.78 is 13.9. The predicted octanol–water partition coefficient (Wildman–Crippen LogP) is 6.21. The van der Waals surface area contributed by atoms with E-state index >= 15 is 0 Å². The smallest absolute Gasteiger partial charge is 0.355 e. The van der Waals surface area contributed by atoms with Gasteiger partial charge >= 0.3 is 5.97 Å². The molecule has 0 bridgehead atoms. The van der Waals surface area contributed by atoms with Crippen LogP contribution in [0.5, 0.6) is 0 Å². The number of aryl methyl sites for hydroxylation is 1. The lowest BCUT2D eigenvalue weighted by Gasteiger charge is -2.36. The Balaban J connectivity index is 2.11. The molecule has 0 N–H and O–H groups in total. The van der Waals surface area contributed by atoms with Crippen LogP contribution in [0.15, 0.2) is 42.6 Å². The summed E-state index contributed by atoms with van der Waals surface area (Å²) in [5, 5.41) is 0.129. The summed E-state index contributed by atoms with van der Waals surface area (Å²) in [4.78, 5) is 17.8. The van der Waals surface area contributed by atoms with Crippen molar-refractivity contribution >= 4 is 25.3 Å². The number of carbonyl (C=O) groups is 1. The van der Waals surface area contributed by atoms with Gasteiger partial charge in [0.1, 0.15) is 5.69 Å². The molecule has 0 unspecified atom stereocenters. The third-order valence-corrected chi connectivity index (χ3v) is 10.8. The van der Waals surface area contributed by atoms with Crippen LogP contribution in [-0.2, 0) is 15.7 Å². The van der Waals surface area contributed by atoms with Crippen molar-refractivity contribution in [3.05, 3.63) is 53.9 Å².